The summed E-state index contributed by atoms with van der Waals surface area (Å²) in [7, 11) is 0. The maximum absolute atomic E-state index is 8.25. The first-order valence-electron chi connectivity index (χ1n) is 0.204. The van der Waals surface area contributed by atoms with Gasteiger partial charge in [-0.05, 0) is 11.0 Å². The van der Waals surface area contributed by atoms with Crippen LogP contribution in [0.4, 0.5) is 0 Å². The van der Waals surface area contributed by atoms with E-state index in [1.165, 1.54) is 0 Å². The van der Waals surface area contributed by atoms with Gasteiger partial charge in [0.15, 0.2) is 0 Å². The van der Waals surface area contributed by atoms with E-state index in [4.69, 9.17) is 3.32 Å². The molecule has 0 aromatic carbocycles. The van der Waals surface area contributed by atoms with Crippen molar-refractivity contribution in [2.45, 2.75) is 0 Å². The van der Waals surface area contributed by atoms with E-state index < -0.39 is 0 Å². The molecule has 0 unspecified atom stereocenters. The van der Waals surface area contributed by atoms with Gasteiger partial charge in [-0.2, -0.15) is 0 Å². The summed E-state index contributed by atoms with van der Waals surface area (Å²) in [6, 6.07) is 0. The smallest absolute Gasteiger partial charge is 0 e. The van der Waals surface area contributed by atoms with Crippen molar-refractivity contribution in [2.24, 2.45) is 0 Å². The third-order valence-corrected chi connectivity index (χ3v) is 0. The summed E-state index contributed by atoms with van der Waals surface area (Å²) in [4.78, 5) is 0. The number of hydrogen-bond acceptors (Lipinski definition) is 1. The molecule has 0 aromatic heterocycles. The molecule has 0 atom stereocenters. The van der Waals surface area contributed by atoms with Crippen LogP contribution in [-0.2, 0) is 72.3 Å². The van der Waals surface area contributed by atoms with Gasteiger partial charge in [0.1, 0.15) is 0 Å². The van der Waals surface area contributed by atoms with E-state index in [-0.39, 0.29) is 59.5 Å². The topological polar surface area (TPSA) is 17.1 Å². The molecule has 0 aliphatic rings. The standard InChI is InChI=1S/Nb.O.H4Si.Ti.Zr/h;;1H4;;. The summed E-state index contributed by atoms with van der Waals surface area (Å²) in [5, 5.41) is 0. The maximum Gasteiger partial charge on any atom is 0 e. The quantitative estimate of drug-likeness (QED) is 0.490. The molecule has 1 radical (unpaired) electrons. The van der Waals surface area contributed by atoms with Crippen molar-refractivity contribution in [3.8, 4) is 0 Å². The van der Waals surface area contributed by atoms with Crippen LogP contribution in [0.2, 0.25) is 0 Å². The van der Waals surface area contributed by atoms with Gasteiger partial charge in [-0.15, -0.1) is 0 Å². The minimum Gasteiger partial charge on any atom is -0.0149 e. The first-order valence-corrected chi connectivity index (χ1v) is 0.842. The van der Waals surface area contributed by atoms with Crippen molar-refractivity contribution >= 4 is 11.0 Å². The molecule has 5 heteroatoms. The fraction of sp³-hybridized carbons (Fsp3) is 0. The maximum atomic E-state index is 8.25. The van der Waals surface area contributed by atoms with Crippen molar-refractivity contribution in [3.05, 3.63) is 0 Å². The molecule has 0 heterocycles. The van der Waals surface area contributed by atoms with Gasteiger partial charge in [-0.1, -0.05) is 0 Å². The van der Waals surface area contributed by atoms with Crippen LogP contribution in [0.3, 0.4) is 0 Å². The molecule has 0 N–H and O–H groups in total. The van der Waals surface area contributed by atoms with E-state index in [0.717, 1.165) is 20.4 Å². The van der Waals surface area contributed by atoms with Crippen LogP contribution in [0.1, 0.15) is 0 Å². The third-order valence-electron chi connectivity index (χ3n) is 0. The molecular weight excluding hydrogens is 276 g/mol. The van der Waals surface area contributed by atoms with E-state index in [9.17, 15) is 0 Å². The van der Waals surface area contributed by atoms with Gasteiger partial charge in [0.05, 0.1) is 0 Å². The van der Waals surface area contributed by atoms with Gasteiger partial charge in [0.25, 0.3) is 0 Å². The van der Waals surface area contributed by atoms with Crippen molar-refractivity contribution in [1.29, 1.82) is 0 Å². The van der Waals surface area contributed by atoms with E-state index in [1.807, 2.05) is 0 Å². The van der Waals surface area contributed by atoms with Crippen LogP contribution in [0.5, 0.6) is 0 Å². The molecule has 0 aromatic rings. The largest absolute Gasteiger partial charge is 0.0149 e. The number of hydrogen-bond donors (Lipinski definition) is 0. The zero-order valence-electron chi connectivity index (χ0n) is 1.86. The van der Waals surface area contributed by atoms with Crippen molar-refractivity contribution < 1.29 is 72.3 Å². The first-order chi connectivity index (χ1) is 1.00. The summed E-state index contributed by atoms with van der Waals surface area (Å²) in [6.45, 7) is 0. The number of rotatable bonds is 0. The molecule has 0 rings (SSSR count). The Morgan fingerprint density at radius 3 is 1.20 bits per heavy atom. The van der Waals surface area contributed by atoms with Crippen LogP contribution in [0.15, 0.2) is 0 Å². The second-order valence-electron chi connectivity index (χ2n) is 0. The Kier molecular flexibility index (Phi) is 173. The summed E-state index contributed by atoms with van der Waals surface area (Å²) in [5.41, 5.74) is 0. The second kappa shape index (κ2) is 32.9. The van der Waals surface area contributed by atoms with Crippen molar-refractivity contribution in [2.75, 3.05) is 0 Å². The SMILES string of the molecule is [Nb].[O]=[Ti].[SiH4].[Zr]. The molecule has 0 saturated heterocycles. The molecular formula is H4NbOSiTiZr. The Morgan fingerprint density at radius 2 is 1.20 bits per heavy atom. The van der Waals surface area contributed by atoms with E-state index >= 15 is 0 Å². The predicted molar refractivity (Wildman–Crippen MR) is 12.0 cm³/mol. The Morgan fingerprint density at radius 1 is 1.20 bits per heavy atom. The van der Waals surface area contributed by atoms with Gasteiger partial charge >= 0.3 is 23.7 Å². The molecule has 0 spiro atoms. The molecule has 0 aliphatic heterocycles. The minimum absolute atomic E-state index is 0. The van der Waals surface area contributed by atoms with Crippen LogP contribution < -0.4 is 0 Å². The van der Waals surface area contributed by atoms with Crippen LogP contribution in [-0.4, -0.2) is 11.0 Å². The van der Waals surface area contributed by atoms with Crippen LogP contribution >= 0.6 is 0 Å². The molecule has 0 aliphatic carbocycles. The van der Waals surface area contributed by atoms with Gasteiger partial charge in [-0.25, -0.2) is 0 Å². The van der Waals surface area contributed by atoms with E-state index in [2.05, 4.69) is 0 Å². The summed E-state index contributed by atoms with van der Waals surface area (Å²) in [6.07, 6.45) is 0. The Hall–Kier alpha value is 2.35. The molecule has 0 saturated carbocycles. The zero-order chi connectivity index (χ0) is 2.00. The summed E-state index contributed by atoms with van der Waals surface area (Å²) >= 11 is 0.750. The van der Waals surface area contributed by atoms with Crippen molar-refractivity contribution in [1.82, 2.24) is 0 Å². The van der Waals surface area contributed by atoms with Gasteiger partial charge < -0.3 is 0 Å². The van der Waals surface area contributed by atoms with Crippen molar-refractivity contribution in [3.63, 3.8) is 0 Å². The average Bonchev–Trinajstić information content (AvgIpc) is 1.00. The predicted octanol–water partition coefficient (Wildman–Crippen LogP) is -1.58. The van der Waals surface area contributed by atoms with Gasteiger partial charge in [-0.3, -0.25) is 0 Å². The second-order valence-corrected chi connectivity index (χ2v) is 0. The molecule has 0 bridgehead atoms. The monoisotopic (exact) mass is 279 g/mol. The third kappa shape index (κ3) is 21.7. The molecule has 27 valence electrons. The summed E-state index contributed by atoms with van der Waals surface area (Å²) < 4.78 is 8.25. The Bertz CT molecular complexity index is 11.6. The molecule has 5 heavy (non-hydrogen) atoms. The van der Waals surface area contributed by atoms with Gasteiger partial charge in [0, 0.05) is 48.6 Å². The van der Waals surface area contributed by atoms with E-state index in [1.54, 1.807) is 0 Å². The first kappa shape index (κ1) is 26.4. The molecule has 0 fully saturated rings. The molecule has 0 amide bonds. The zero-order valence-corrected chi connectivity index (χ0v) is 8.07. The molecule has 1 nitrogen and oxygen atoms in total. The summed E-state index contributed by atoms with van der Waals surface area (Å²) in [5.74, 6) is 0. The Labute approximate surface area is 82.0 Å². The van der Waals surface area contributed by atoms with Crippen LogP contribution in [0.25, 0.3) is 0 Å². The van der Waals surface area contributed by atoms with E-state index in [0.29, 0.717) is 0 Å². The average molecular weight is 280 g/mol. The fourth-order valence-corrected chi connectivity index (χ4v) is 0. The Balaban J connectivity index is -0.00000000167. The van der Waals surface area contributed by atoms with Gasteiger partial charge in [0.2, 0.25) is 0 Å². The fourth-order valence-electron chi connectivity index (χ4n) is 0. The minimum atomic E-state index is 0. The normalized spacial score (nSPS) is 0.600. The van der Waals surface area contributed by atoms with Crippen LogP contribution in [0, 0.1) is 0 Å².